The lowest BCUT2D eigenvalue weighted by Crippen LogP contribution is -2.29. The van der Waals surface area contributed by atoms with Crippen LogP contribution in [0.25, 0.3) is 28.3 Å². The molecule has 0 amide bonds. The third-order valence-corrected chi connectivity index (χ3v) is 5.60. The predicted molar refractivity (Wildman–Crippen MR) is 115 cm³/mol. The summed E-state index contributed by atoms with van der Waals surface area (Å²) < 4.78 is 4.88. The summed E-state index contributed by atoms with van der Waals surface area (Å²) in [5.74, 6) is 1.00. The van der Waals surface area contributed by atoms with Crippen molar-refractivity contribution in [2.45, 2.75) is 13.5 Å². The Morgan fingerprint density at radius 3 is 2.50 bits per heavy atom. The van der Waals surface area contributed by atoms with Crippen molar-refractivity contribution < 1.29 is 0 Å². The fourth-order valence-corrected chi connectivity index (χ4v) is 3.87. The molecule has 0 unspecified atom stereocenters. The van der Waals surface area contributed by atoms with Gasteiger partial charge in [-0.25, -0.2) is 9.20 Å². The van der Waals surface area contributed by atoms with Crippen LogP contribution < -0.4 is 11.2 Å². The lowest BCUT2D eigenvalue weighted by molar-refractivity contribution is 0.809. The maximum absolute atomic E-state index is 12.8. The molecular weight excluding hydrogens is 404 g/mol. The van der Waals surface area contributed by atoms with E-state index in [1.807, 2.05) is 49.4 Å². The molecule has 0 aliphatic carbocycles. The summed E-state index contributed by atoms with van der Waals surface area (Å²) in [6.45, 7) is 2.31. The van der Waals surface area contributed by atoms with Crippen LogP contribution >= 0.6 is 11.6 Å². The van der Waals surface area contributed by atoms with Crippen LogP contribution in [-0.2, 0) is 13.6 Å². The van der Waals surface area contributed by atoms with Crippen molar-refractivity contribution >= 4 is 28.5 Å². The summed E-state index contributed by atoms with van der Waals surface area (Å²) >= 11 is 6.36. The average molecular weight is 421 g/mol. The molecule has 2 aromatic carbocycles. The number of aromatic nitrogens is 6. The molecule has 0 saturated heterocycles. The minimum Gasteiger partial charge on any atom is -0.298 e. The van der Waals surface area contributed by atoms with Crippen molar-refractivity contribution in [3.05, 3.63) is 85.5 Å². The highest BCUT2D eigenvalue weighted by Crippen LogP contribution is 2.26. The second-order valence-electron chi connectivity index (χ2n) is 7.19. The first-order valence-corrected chi connectivity index (χ1v) is 9.70. The molecule has 0 radical (unpaired) electrons. The molecule has 0 aliphatic heterocycles. The topological polar surface area (TPSA) is 90.0 Å². The highest BCUT2D eigenvalue weighted by molar-refractivity contribution is 6.31. The van der Waals surface area contributed by atoms with Gasteiger partial charge in [0, 0.05) is 17.6 Å². The van der Waals surface area contributed by atoms with E-state index in [0.717, 1.165) is 16.7 Å². The van der Waals surface area contributed by atoms with E-state index in [9.17, 15) is 9.59 Å². The zero-order chi connectivity index (χ0) is 21.0. The van der Waals surface area contributed by atoms with Gasteiger partial charge >= 0.3 is 5.69 Å². The third kappa shape index (κ3) is 2.68. The molecule has 8 nitrogen and oxygen atoms in total. The summed E-state index contributed by atoms with van der Waals surface area (Å²) in [5, 5.41) is 9.30. The van der Waals surface area contributed by atoms with E-state index < -0.39 is 11.2 Å². The number of hydrogen-bond donors (Lipinski definition) is 1. The second kappa shape index (κ2) is 6.70. The maximum atomic E-state index is 12.8. The van der Waals surface area contributed by atoms with E-state index in [4.69, 9.17) is 11.6 Å². The molecule has 0 aliphatic rings. The number of H-pyrrole nitrogens is 1. The Labute approximate surface area is 175 Å². The minimum atomic E-state index is -0.507. The largest absolute Gasteiger partial charge is 0.329 e. The first kappa shape index (κ1) is 18.4. The Morgan fingerprint density at radius 1 is 1.03 bits per heavy atom. The molecular formula is C21H17ClN6O2. The number of aryl methyl sites for hydroxylation is 2. The fraction of sp³-hybridized carbons (Fsp3) is 0.143. The van der Waals surface area contributed by atoms with Gasteiger partial charge in [-0.05, 0) is 18.6 Å². The van der Waals surface area contributed by atoms with Crippen LogP contribution in [0.3, 0.4) is 0 Å². The van der Waals surface area contributed by atoms with E-state index in [1.54, 1.807) is 22.1 Å². The minimum absolute atomic E-state index is 0.306. The molecule has 5 rings (SSSR count). The van der Waals surface area contributed by atoms with Gasteiger partial charge in [0.1, 0.15) is 0 Å². The Balaban J connectivity index is 1.89. The van der Waals surface area contributed by atoms with E-state index in [2.05, 4.69) is 15.2 Å². The molecule has 3 heterocycles. The highest BCUT2D eigenvalue weighted by Gasteiger charge is 2.23. The number of aromatic amines is 1. The number of nitrogens with zero attached hydrogens (tertiary/aromatic N) is 5. The maximum Gasteiger partial charge on any atom is 0.329 e. The molecule has 0 atom stereocenters. The smallest absolute Gasteiger partial charge is 0.298 e. The van der Waals surface area contributed by atoms with Crippen LogP contribution in [0.5, 0.6) is 0 Å². The first-order valence-electron chi connectivity index (χ1n) is 9.33. The number of hydrogen-bond acceptors (Lipinski definition) is 4. The SMILES string of the molecule is Cc1ccc(-c2nnc3n(Cc4ccccc4Cl)c4c(=O)[nH]c(=O)n(C)c4n23)cc1. The average Bonchev–Trinajstić information content (AvgIpc) is 3.28. The lowest BCUT2D eigenvalue weighted by atomic mass is 10.1. The quantitative estimate of drug-likeness (QED) is 0.486. The van der Waals surface area contributed by atoms with Crippen LogP contribution in [0.15, 0.2) is 58.1 Å². The molecule has 3 aromatic heterocycles. The van der Waals surface area contributed by atoms with Crippen LogP contribution in [0.2, 0.25) is 5.02 Å². The summed E-state index contributed by atoms with van der Waals surface area (Å²) in [6, 6.07) is 15.2. The standard InChI is InChI=1S/C21H17ClN6O2/c1-12-7-9-13(10-8-12)17-24-25-20-27(11-14-5-3-4-6-15(14)22)16-18(29)23-21(30)26(2)19(16)28(17)20/h3-10H,11H2,1-2H3,(H,23,29,30). The van der Waals surface area contributed by atoms with Crippen molar-refractivity contribution in [3.8, 4) is 11.4 Å². The predicted octanol–water partition coefficient (Wildman–Crippen LogP) is 2.75. The van der Waals surface area contributed by atoms with Gasteiger partial charge in [0.05, 0.1) is 6.54 Å². The van der Waals surface area contributed by atoms with Crippen LogP contribution in [-0.4, -0.2) is 28.7 Å². The molecule has 0 fully saturated rings. The summed E-state index contributed by atoms with van der Waals surface area (Å²) in [5.41, 5.74) is 2.53. The Hall–Kier alpha value is -3.65. The van der Waals surface area contributed by atoms with E-state index in [-0.39, 0.29) is 0 Å². The van der Waals surface area contributed by atoms with E-state index in [1.165, 1.54) is 4.57 Å². The monoisotopic (exact) mass is 420 g/mol. The number of halogens is 1. The van der Waals surface area contributed by atoms with Crippen LogP contribution in [0, 0.1) is 6.92 Å². The van der Waals surface area contributed by atoms with Gasteiger partial charge in [0.15, 0.2) is 17.0 Å². The summed E-state index contributed by atoms with van der Waals surface area (Å²) in [6.07, 6.45) is 0. The van der Waals surface area contributed by atoms with Crippen molar-refractivity contribution in [1.29, 1.82) is 0 Å². The third-order valence-electron chi connectivity index (χ3n) is 5.23. The second-order valence-corrected chi connectivity index (χ2v) is 7.60. The Kier molecular flexibility index (Phi) is 4.11. The molecule has 150 valence electrons. The van der Waals surface area contributed by atoms with Crippen LogP contribution in [0.4, 0.5) is 0 Å². The lowest BCUT2D eigenvalue weighted by Gasteiger charge is -2.06. The number of fused-ring (bicyclic) bond motifs is 3. The van der Waals surface area contributed by atoms with Crippen LogP contribution in [0.1, 0.15) is 11.1 Å². The molecule has 9 heteroatoms. The van der Waals surface area contributed by atoms with Gasteiger partial charge in [-0.2, -0.15) is 0 Å². The first-order chi connectivity index (χ1) is 14.5. The van der Waals surface area contributed by atoms with Gasteiger partial charge < -0.3 is 0 Å². The molecule has 0 spiro atoms. The van der Waals surface area contributed by atoms with Crippen molar-refractivity contribution in [1.82, 2.24) is 28.7 Å². The molecule has 30 heavy (non-hydrogen) atoms. The number of imidazole rings is 1. The van der Waals surface area contributed by atoms with Gasteiger partial charge in [-0.15, -0.1) is 10.2 Å². The fourth-order valence-electron chi connectivity index (χ4n) is 3.68. The van der Waals surface area contributed by atoms with E-state index >= 15 is 0 Å². The number of rotatable bonds is 3. The van der Waals surface area contributed by atoms with Gasteiger partial charge in [-0.3, -0.25) is 18.9 Å². The normalized spacial score (nSPS) is 11.6. The van der Waals surface area contributed by atoms with E-state index in [0.29, 0.717) is 34.3 Å². The molecule has 5 aromatic rings. The van der Waals surface area contributed by atoms with Crippen molar-refractivity contribution in [2.24, 2.45) is 7.05 Å². The van der Waals surface area contributed by atoms with Gasteiger partial charge in [0.2, 0.25) is 5.78 Å². The Morgan fingerprint density at radius 2 is 1.77 bits per heavy atom. The number of nitrogens with one attached hydrogen (secondary N) is 1. The molecule has 1 N–H and O–H groups in total. The summed E-state index contributed by atoms with van der Waals surface area (Å²) in [4.78, 5) is 27.6. The zero-order valence-electron chi connectivity index (χ0n) is 16.3. The highest BCUT2D eigenvalue weighted by atomic mass is 35.5. The zero-order valence-corrected chi connectivity index (χ0v) is 17.0. The molecule has 0 saturated carbocycles. The van der Waals surface area contributed by atoms with Gasteiger partial charge in [-0.1, -0.05) is 59.6 Å². The van der Waals surface area contributed by atoms with Gasteiger partial charge in [0.25, 0.3) is 5.56 Å². The van der Waals surface area contributed by atoms with Crippen molar-refractivity contribution in [2.75, 3.05) is 0 Å². The van der Waals surface area contributed by atoms with Crippen molar-refractivity contribution in [3.63, 3.8) is 0 Å². The summed E-state index contributed by atoms with van der Waals surface area (Å²) in [7, 11) is 1.61. The molecule has 0 bridgehead atoms. The Bertz CT molecular complexity index is 1540. The number of benzene rings is 2.